The second-order valence-electron chi connectivity index (χ2n) is 5.11. The largest absolute Gasteiger partial charge is 0.282 e. The molecule has 0 radical (unpaired) electrons. The molecule has 0 unspecified atom stereocenters. The highest BCUT2D eigenvalue weighted by Gasteiger charge is 2.14. The van der Waals surface area contributed by atoms with Gasteiger partial charge >= 0.3 is 0 Å². The minimum absolute atomic E-state index is 0.221. The minimum Gasteiger partial charge on any atom is -0.199 e. The molecule has 5 heteroatoms. The van der Waals surface area contributed by atoms with Crippen LogP contribution < -0.4 is 0 Å². The van der Waals surface area contributed by atoms with Crippen molar-refractivity contribution in [3.63, 3.8) is 0 Å². The Hall–Kier alpha value is -1.98. The molecule has 0 spiro atoms. The van der Waals surface area contributed by atoms with Crippen molar-refractivity contribution in [3.05, 3.63) is 65.0 Å². The van der Waals surface area contributed by atoms with E-state index in [4.69, 9.17) is 0 Å². The lowest BCUT2D eigenvalue weighted by molar-refractivity contribution is 0.598. The molecule has 1 aromatic heterocycles. The van der Waals surface area contributed by atoms with E-state index in [9.17, 15) is 8.42 Å². The third kappa shape index (κ3) is 2.96. The molecule has 0 aliphatic heterocycles. The maximum atomic E-state index is 12.4. The van der Waals surface area contributed by atoms with Crippen molar-refractivity contribution in [3.8, 4) is 0 Å². The highest BCUT2D eigenvalue weighted by molar-refractivity contribution is 7.90. The van der Waals surface area contributed by atoms with Crippen LogP contribution in [-0.4, -0.2) is 14.1 Å². The van der Waals surface area contributed by atoms with Crippen LogP contribution in [0.3, 0.4) is 0 Å². The van der Waals surface area contributed by atoms with Gasteiger partial charge in [-0.1, -0.05) is 35.9 Å². The number of benzene rings is 2. The molecule has 0 bridgehead atoms. The molecule has 0 aliphatic rings. The Morgan fingerprint density at radius 2 is 1.73 bits per heavy atom. The second kappa shape index (κ2) is 5.66. The first-order valence-electron chi connectivity index (χ1n) is 6.83. The number of sulfonamides is 1. The molecule has 0 fully saturated rings. The van der Waals surface area contributed by atoms with Crippen LogP contribution >= 0.6 is 11.3 Å². The smallest absolute Gasteiger partial charge is 0.199 e. The van der Waals surface area contributed by atoms with Crippen molar-refractivity contribution in [1.82, 2.24) is 0 Å². The fourth-order valence-electron chi connectivity index (χ4n) is 2.15. The molecular weight excluding hydrogens is 314 g/mol. The maximum absolute atomic E-state index is 12.4. The summed E-state index contributed by atoms with van der Waals surface area (Å²) in [4.78, 5) is 1.09. The molecule has 0 aliphatic carbocycles. The van der Waals surface area contributed by atoms with E-state index in [1.54, 1.807) is 42.5 Å². The summed E-state index contributed by atoms with van der Waals surface area (Å²) in [6.45, 7) is 3.65. The summed E-state index contributed by atoms with van der Waals surface area (Å²) >= 11 is 1.55. The molecule has 3 nitrogen and oxygen atoms in total. The van der Waals surface area contributed by atoms with Crippen LogP contribution in [0.1, 0.15) is 17.4 Å². The van der Waals surface area contributed by atoms with Gasteiger partial charge in [-0.2, -0.15) is 12.8 Å². The summed E-state index contributed by atoms with van der Waals surface area (Å²) in [7, 11) is -3.67. The Kier molecular flexibility index (Phi) is 3.85. The monoisotopic (exact) mass is 329 g/mol. The standard InChI is InChI=1S/C17H15NO2S2/c1-12-7-9-15(10-8-12)22(19,20)18-13(2)17-11-14-5-3-4-6-16(14)21-17/h3-11H,1-2H3/b18-13-. The molecule has 1 heterocycles. The molecule has 3 rings (SSSR count). The maximum Gasteiger partial charge on any atom is 0.282 e. The van der Waals surface area contributed by atoms with Crippen molar-refractivity contribution < 1.29 is 8.42 Å². The molecule has 0 amide bonds. The first-order chi connectivity index (χ1) is 10.5. The summed E-state index contributed by atoms with van der Waals surface area (Å²) in [5, 5.41) is 1.10. The Labute approximate surface area is 134 Å². The lowest BCUT2D eigenvalue weighted by Crippen LogP contribution is -2.02. The summed E-state index contributed by atoms with van der Waals surface area (Å²) in [6, 6.07) is 16.7. The Bertz CT molecular complexity index is 919. The highest BCUT2D eigenvalue weighted by Crippen LogP contribution is 2.26. The Morgan fingerprint density at radius 3 is 2.41 bits per heavy atom. The molecule has 22 heavy (non-hydrogen) atoms. The van der Waals surface area contributed by atoms with Crippen molar-refractivity contribution in [1.29, 1.82) is 0 Å². The van der Waals surface area contributed by atoms with Crippen LogP contribution in [0.4, 0.5) is 0 Å². The normalized spacial score (nSPS) is 12.7. The van der Waals surface area contributed by atoms with Crippen molar-refractivity contribution in [2.75, 3.05) is 0 Å². The first kappa shape index (κ1) is 14.9. The molecule has 0 atom stereocenters. The van der Waals surface area contributed by atoms with Crippen molar-refractivity contribution in [2.24, 2.45) is 4.40 Å². The summed E-state index contributed by atoms with van der Waals surface area (Å²) in [5.74, 6) is 0. The number of nitrogens with zero attached hydrogens (tertiary/aromatic N) is 1. The molecule has 0 saturated heterocycles. The van der Waals surface area contributed by atoms with Gasteiger partial charge in [-0.3, -0.25) is 0 Å². The average molecular weight is 329 g/mol. The van der Waals surface area contributed by atoms with Crippen molar-refractivity contribution >= 4 is 37.2 Å². The fourth-order valence-corrected chi connectivity index (χ4v) is 4.26. The van der Waals surface area contributed by atoms with E-state index in [0.29, 0.717) is 5.71 Å². The average Bonchev–Trinajstić information content (AvgIpc) is 2.91. The van der Waals surface area contributed by atoms with Crippen LogP contribution in [0.15, 0.2) is 63.9 Å². The zero-order chi connectivity index (χ0) is 15.7. The van der Waals surface area contributed by atoms with Gasteiger partial charge in [0.05, 0.1) is 15.5 Å². The van der Waals surface area contributed by atoms with E-state index in [0.717, 1.165) is 20.5 Å². The summed E-state index contributed by atoms with van der Waals surface area (Å²) < 4.78 is 29.8. The van der Waals surface area contributed by atoms with E-state index in [-0.39, 0.29) is 4.90 Å². The lowest BCUT2D eigenvalue weighted by atomic mass is 10.2. The number of rotatable bonds is 3. The van der Waals surface area contributed by atoms with Crippen LogP contribution in [0.25, 0.3) is 10.1 Å². The van der Waals surface area contributed by atoms with Crippen LogP contribution in [0.2, 0.25) is 0 Å². The van der Waals surface area contributed by atoms with Crippen molar-refractivity contribution in [2.45, 2.75) is 18.7 Å². The lowest BCUT2D eigenvalue weighted by Gasteiger charge is -2.01. The van der Waals surface area contributed by atoms with Gasteiger partial charge in [0, 0.05) is 4.70 Å². The highest BCUT2D eigenvalue weighted by atomic mass is 32.2. The van der Waals surface area contributed by atoms with Gasteiger partial charge in [-0.05, 0) is 43.5 Å². The zero-order valence-corrected chi connectivity index (χ0v) is 13.9. The molecule has 0 N–H and O–H groups in total. The van der Waals surface area contributed by atoms with E-state index in [1.807, 2.05) is 37.3 Å². The SMILES string of the molecule is C/C(=N/S(=O)(=O)c1ccc(C)cc1)c1cc2ccccc2s1. The van der Waals surface area contributed by atoms with E-state index in [1.165, 1.54) is 0 Å². The summed E-state index contributed by atoms with van der Waals surface area (Å²) in [6.07, 6.45) is 0. The third-order valence-corrected chi connectivity index (χ3v) is 5.97. The zero-order valence-electron chi connectivity index (χ0n) is 12.3. The Morgan fingerprint density at radius 1 is 1.05 bits per heavy atom. The van der Waals surface area contributed by atoms with Gasteiger partial charge in [-0.15, -0.1) is 11.3 Å². The van der Waals surface area contributed by atoms with Gasteiger partial charge in [-0.25, -0.2) is 0 Å². The number of hydrogen-bond acceptors (Lipinski definition) is 3. The number of aryl methyl sites for hydroxylation is 1. The molecular formula is C17H15NO2S2. The molecule has 2 aromatic carbocycles. The first-order valence-corrected chi connectivity index (χ1v) is 9.08. The van der Waals surface area contributed by atoms with Crippen LogP contribution in [-0.2, 0) is 10.0 Å². The van der Waals surface area contributed by atoms with E-state index < -0.39 is 10.0 Å². The molecule has 0 saturated carbocycles. The molecule has 112 valence electrons. The van der Waals surface area contributed by atoms with E-state index >= 15 is 0 Å². The third-order valence-electron chi connectivity index (χ3n) is 3.36. The predicted molar refractivity (Wildman–Crippen MR) is 92.4 cm³/mol. The van der Waals surface area contributed by atoms with Gasteiger partial charge in [0.15, 0.2) is 0 Å². The second-order valence-corrected chi connectivity index (χ2v) is 7.80. The van der Waals surface area contributed by atoms with Gasteiger partial charge in [0.25, 0.3) is 10.0 Å². The molecule has 3 aromatic rings. The van der Waals surface area contributed by atoms with Crippen LogP contribution in [0, 0.1) is 6.92 Å². The number of hydrogen-bond donors (Lipinski definition) is 0. The number of fused-ring (bicyclic) bond motifs is 1. The predicted octanol–water partition coefficient (Wildman–Crippen LogP) is 4.41. The Balaban J connectivity index is 2.01. The fraction of sp³-hybridized carbons (Fsp3) is 0.118. The summed E-state index contributed by atoms with van der Waals surface area (Å²) in [5.41, 5.74) is 1.53. The van der Waals surface area contributed by atoms with Gasteiger partial charge < -0.3 is 0 Å². The quantitative estimate of drug-likeness (QED) is 0.668. The van der Waals surface area contributed by atoms with Gasteiger partial charge in [0.2, 0.25) is 0 Å². The topological polar surface area (TPSA) is 46.5 Å². The van der Waals surface area contributed by atoms with E-state index in [2.05, 4.69) is 4.40 Å². The van der Waals surface area contributed by atoms with Gasteiger partial charge in [0.1, 0.15) is 0 Å². The van der Waals surface area contributed by atoms with Crippen LogP contribution in [0.5, 0.6) is 0 Å². The number of thiophene rings is 1. The minimum atomic E-state index is -3.67.